The van der Waals surface area contributed by atoms with Crippen molar-refractivity contribution in [2.75, 3.05) is 13.1 Å². The second-order valence-corrected chi connectivity index (χ2v) is 5.38. The number of carbonyl (C=O) groups is 1. The Morgan fingerprint density at radius 2 is 2.06 bits per heavy atom. The van der Waals surface area contributed by atoms with Crippen molar-refractivity contribution in [3.8, 4) is 0 Å². The van der Waals surface area contributed by atoms with Crippen LogP contribution in [0.5, 0.6) is 0 Å². The minimum Gasteiger partial charge on any atom is -0.444 e. The van der Waals surface area contributed by atoms with Gasteiger partial charge in [-0.3, -0.25) is 0 Å². The Hall–Kier alpha value is -0.770. The molecule has 1 amide bonds. The molecule has 0 aliphatic heterocycles. The zero-order valence-corrected chi connectivity index (χ0v) is 10.8. The van der Waals surface area contributed by atoms with Crippen LogP contribution in [0.15, 0.2) is 0 Å². The fraction of sp³-hybridized carbons (Fsp3) is 0.917. The van der Waals surface area contributed by atoms with Crippen LogP contribution in [0.4, 0.5) is 4.79 Å². The molecule has 0 bridgehead atoms. The lowest BCUT2D eigenvalue weighted by Crippen LogP contribution is -2.43. The highest BCUT2D eigenvalue weighted by Crippen LogP contribution is 2.32. The van der Waals surface area contributed by atoms with Gasteiger partial charge in [0.25, 0.3) is 0 Å². The Bertz CT molecular complexity index is 232. The van der Waals surface area contributed by atoms with E-state index in [9.17, 15) is 4.79 Å². The number of amides is 1. The number of carbonyl (C=O) groups excluding carboxylic acids is 1. The topological polar surface area (TPSA) is 50.4 Å². The highest BCUT2D eigenvalue weighted by molar-refractivity contribution is 5.67. The maximum Gasteiger partial charge on any atom is 0.407 e. The fourth-order valence-electron chi connectivity index (χ4n) is 1.67. The van der Waals surface area contributed by atoms with Gasteiger partial charge in [0.05, 0.1) is 0 Å². The van der Waals surface area contributed by atoms with Gasteiger partial charge >= 0.3 is 6.09 Å². The molecule has 1 rings (SSSR count). The van der Waals surface area contributed by atoms with Gasteiger partial charge < -0.3 is 15.4 Å². The van der Waals surface area contributed by atoms with Crippen LogP contribution in [0.1, 0.15) is 40.5 Å². The molecule has 1 fully saturated rings. The lowest BCUT2D eigenvalue weighted by molar-refractivity contribution is 0.0521. The van der Waals surface area contributed by atoms with Crippen LogP contribution >= 0.6 is 0 Å². The third kappa shape index (κ3) is 5.35. The van der Waals surface area contributed by atoms with Crippen LogP contribution in [0, 0.1) is 5.92 Å². The molecular formula is C12H24N2O2. The van der Waals surface area contributed by atoms with Crippen LogP contribution < -0.4 is 10.6 Å². The number of likely N-dealkylation sites (N-methyl/N-ethyl adjacent to an activating group) is 1. The van der Waals surface area contributed by atoms with E-state index in [1.807, 2.05) is 20.8 Å². The van der Waals surface area contributed by atoms with E-state index in [0.29, 0.717) is 12.6 Å². The molecule has 94 valence electrons. The number of ether oxygens (including phenoxy) is 1. The monoisotopic (exact) mass is 228 g/mol. The second kappa shape index (κ2) is 5.53. The average molecular weight is 228 g/mol. The summed E-state index contributed by atoms with van der Waals surface area (Å²) < 4.78 is 5.19. The van der Waals surface area contributed by atoms with Crippen LogP contribution in [0.2, 0.25) is 0 Å². The summed E-state index contributed by atoms with van der Waals surface area (Å²) >= 11 is 0. The predicted molar refractivity (Wildman–Crippen MR) is 64.4 cm³/mol. The van der Waals surface area contributed by atoms with Gasteiger partial charge in [-0.2, -0.15) is 0 Å². The molecule has 1 aliphatic carbocycles. The van der Waals surface area contributed by atoms with Crippen molar-refractivity contribution in [2.24, 2.45) is 5.92 Å². The summed E-state index contributed by atoms with van der Waals surface area (Å²) in [6.45, 7) is 9.30. The van der Waals surface area contributed by atoms with E-state index in [1.54, 1.807) is 0 Å². The van der Waals surface area contributed by atoms with Gasteiger partial charge in [0.2, 0.25) is 0 Å². The second-order valence-electron chi connectivity index (χ2n) is 5.38. The Labute approximate surface area is 98.1 Å². The third-order valence-corrected chi connectivity index (χ3v) is 2.52. The van der Waals surface area contributed by atoms with E-state index >= 15 is 0 Å². The first-order chi connectivity index (χ1) is 7.42. The molecule has 0 heterocycles. The number of rotatable bonds is 5. The van der Waals surface area contributed by atoms with Crippen molar-refractivity contribution < 1.29 is 9.53 Å². The van der Waals surface area contributed by atoms with Crippen LogP contribution in [-0.4, -0.2) is 30.8 Å². The molecule has 1 unspecified atom stereocenters. The van der Waals surface area contributed by atoms with Crippen molar-refractivity contribution in [2.45, 2.75) is 52.2 Å². The van der Waals surface area contributed by atoms with E-state index < -0.39 is 5.60 Å². The molecule has 0 aromatic carbocycles. The van der Waals surface area contributed by atoms with Gasteiger partial charge in [-0.05, 0) is 46.1 Å². The minimum absolute atomic E-state index is 0.323. The number of hydrogen-bond acceptors (Lipinski definition) is 3. The summed E-state index contributed by atoms with van der Waals surface area (Å²) in [6, 6.07) is 0.400. The predicted octanol–water partition coefficient (Wildman–Crippen LogP) is 1.90. The largest absolute Gasteiger partial charge is 0.444 e. The van der Waals surface area contributed by atoms with Gasteiger partial charge in [0.1, 0.15) is 5.60 Å². The SMILES string of the molecule is CCNC(CNC(=O)OC(C)(C)C)C1CC1. The average Bonchev–Trinajstić information content (AvgIpc) is 2.92. The van der Waals surface area contributed by atoms with E-state index in [2.05, 4.69) is 17.6 Å². The molecule has 16 heavy (non-hydrogen) atoms. The third-order valence-electron chi connectivity index (χ3n) is 2.52. The number of nitrogens with one attached hydrogen (secondary N) is 2. The van der Waals surface area contributed by atoms with Crippen molar-refractivity contribution in [3.63, 3.8) is 0 Å². The standard InChI is InChI=1S/C12H24N2O2/c1-5-13-10(9-6-7-9)8-14-11(15)16-12(2,3)4/h9-10,13H,5-8H2,1-4H3,(H,14,15). The lowest BCUT2D eigenvalue weighted by Gasteiger charge is -2.22. The molecule has 4 nitrogen and oxygen atoms in total. The Morgan fingerprint density at radius 1 is 1.44 bits per heavy atom. The smallest absolute Gasteiger partial charge is 0.407 e. The lowest BCUT2D eigenvalue weighted by atomic mass is 10.2. The fourth-order valence-corrected chi connectivity index (χ4v) is 1.67. The number of alkyl carbamates (subject to hydrolysis) is 1. The molecule has 0 radical (unpaired) electrons. The highest BCUT2D eigenvalue weighted by Gasteiger charge is 2.31. The summed E-state index contributed by atoms with van der Waals surface area (Å²) in [5.74, 6) is 0.731. The maximum atomic E-state index is 11.4. The Kier molecular flexibility index (Phi) is 4.59. The van der Waals surface area contributed by atoms with Gasteiger partial charge in [0.15, 0.2) is 0 Å². The van der Waals surface area contributed by atoms with Crippen LogP contribution in [-0.2, 0) is 4.74 Å². The molecule has 0 aromatic heterocycles. The maximum absolute atomic E-state index is 11.4. The minimum atomic E-state index is -0.419. The van der Waals surface area contributed by atoms with Gasteiger partial charge in [0, 0.05) is 12.6 Å². The first-order valence-electron chi connectivity index (χ1n) is 6.12. The summed E-state index contributed by atoms with van der Waals surface area (Å²) in [7, 11) is 0. The summed E-state index contributed by atoms with van der Waals surface area (Å²) in [5.41, 5.74) is -0.419. The molecule has 1 aliphatic rings. The van der Waals surface area contributed by atoms with Gasteiger partial charge in [-0.25, -0.2) is 4.79 Å². The van der Waals surface area contributed by atoms with Crippen molar-refractivity contribution in [1.82, 2.24) is 10.6 Å². The molecule has 0 saturated heterocycles. The Morgan fingerprint density at radius 3 is 2.50 bits per heavy atom. The summed E-state index contributed by atoms with van der Waals surface area (Å²) in [4.78, 5) is 11.4. The first kappa shape index (κ1) is 13.3. The van der Waals surface area contributed by atoms with E-state index in [4.69, 9.17) is 4.74 Å². The molecule has 1 atom stereocenters. The van der Waals surface area contributed by atoms with E-state index in [1.165, 1.54) is 12.8 Å². The Balaban J connectivity index is 2.23. The zero-order chi connectivity index (χ0) is 12.2. The summed E-state index contributed by atoms with van der Waals surface area (Å²) in [5, 5.41) is 6.21. The highest BCUT2D eigenvalue weighted by atomic mass is 16.6. The van der Waals surface area contributed by atoms with Crippen LogP contribution in [0.3, 0.4) is 0 Å². The quantitative estimate of drug-likeness (QED) is 0.755. The normalized spacial score (nSPS) is 18.0. The molecule has 0 spiro atoms. The van der Waals surface area contributed by atoms with E-state index in [-0.39, 0.29) is 6.09 Å². The van der Waals surface area contributed by atoms with E-state index in [0.717, 1.165) is 12.5 Å². The van der Waals surface area contributed by atoms with Crippen LogP contribution in [0.25, 0.3) is 0 Å². The van der Waals surface area contributed by atoms with Crippen molar-refractivity contribution >= 4 is 6.09 Å². The van der Waals surface area contributed by atoms with Crippen molar-refractivity contribution in [1.29, 1.82) is 0 Å². The van der Waals surface area contributed by atoms with Gasteiger partial charge in [-0.15, -0.1) is 0 Å². The molecular weight excluding hydrogens is 204 g/mol. The molecule has 4 heteroatoms. The number of hydrogen-bond donors (Lipinski definition) is 2. The van der Waals surface area contributed by atoms with Crippen molar-refractivity contribution in [3.05, 3.63) is 0 Å². The van der Waals surface area contributed by atoms with Gasteiger partial charge in [-0.1, -0.05) is 6.92 Å². The molecule has 1 saturated carbocycles. The zero-order valence-electron chi connectivity index (χ0n) is 10.8. The first-order valence-corrected chi connectivity index (χ1v) is 6.12. The molecule has 2 N–H and O–H groups in total. The summed E-state index contributed by atoms with van der Waals surface area (Å²) in [6.07, 6.45) is 2.22. The molecule has 0 aromatic rings.